The molecule has 1 aromatic carbocycles. The molecule has 0 aliphatic heterocycles. The van der Waals surface area contributed by atoms with Crippen molar-refractivity contribution < 1.29 is 24.2 Å². The van der Waals surface area contributed by atoms with Crippen molar-refractivity contribution >= 4 is 11.9 Å². The number of carboxylic acid groups (broad SMARTS) is 1. The third-order valence-electron chi connectivity index (χ3n) is 4.43. The van der Waals surface area contributed by atoms with Crippen molar-refractivity contribution in [2.75, 3.05) is 14.2 Å². The fraction of sp³-hybridized carbons (Fsp3) is 0.556. The van der Waals surface area contributed by atoms with Gasteiger partial charge in [0.1, 0.15) is 5.54 Å². The molecule has 2 atom stereocenters. The summed E-state index contributed by atoms with van der Waals surface area (Å²) in [7, 11) is 3.07. The van der Waals surface area contributed by atoms with E-state index < -0.39 is 17.4 Å². The summed E-state index contributed by atoms with van der Waals surface area (Å²) < 4.78 is 10.5. The number of methoxy groups -OCH3 is 2. The normalized spacial score (nSPS) is 14.4. The highest BCUT2D eigenvalue weighted by Gasteiger charge is 2.44. The van der Waals surface area contributed by atoms with E-state index in [0.29, 0.717) is 24.3 Å². The average Bonchev–Trinajstić information content (AvgIpc) is 2.58. The summed E-state index contributed by atoms with van der Waals surface area (Å²) in [6, 6.07) is 5.29. The highest BCUT2D eigenvalue weighted by Crippen LogP contribution is 2.36. The van der Waals surface area contributed by atoms with Crippen LogP contribution in [0.3, 0.4) is 0 Å². The quantitative estimate of drug-likeness (QED) is 0.724. The molecule has 2 N–H and O–H groups in total. The summed E-state index contributed by atoms with van der Waals surface area (Å²) >= 11 is 0. The lowest BCUT2D eigenvalue weighted by atomic mass is 9.78. The zero-order chi connectivity index (χ0) is 18.3. The number of carbonyl (C=O) groups excluding carboxylic acids is 1. The number of amides is 1. The Balaban J connectivity index is 3.27. The standard InChI is InChI=1S/C18H27NO5/c1-6-8-16(20)19-18(7-2,17(21)22)12(3)13-9-10-14(23-4)15(11-13)24-5/h9-12H,6-8H2,1-5H3,(H,19,20)(H,21,22). The Bertz CT molecular complexity index is 587. The molecule has 0 aliphatic rings. The second-order valence-corrected chi connectivity index (χ2v) is 5.76. The summed E-state index contributed by atoms with van der Waals surface area (Å²) in [5.74, 6) is -0.649. The fourth-order valence-electron chi connectivity index (χ4n) is 2.84. The van der Waals surface area contributed by atoms with E-state index in [1.807, 2.05) is 6.92 Å². The monoisotopic (exact) mass is 337 g/mol. The average molecular weight is 337 g/mol. The van der Waals surface area contributed by atoms with Crippen molar-refractivity contribution in [2.24, 2.45) is 0 Å². The van der Waals surface area contributed by atoms with Crippen molar-refractivity contribution in [1.82, 2.24) is 5.32 Å². The van der Waals surface area contributed by atoms with Gasteiger partial charge in [-0.25, -0.2) is 4.79 Å². The van der Waals surface area contributed by atoms with E-state index in [-0.39, 0.29) is 12.3 Å². The maximum atomic E-state index is 12.1. The van der Waals surface area contributed by atoms with Crippen LogP contribution in [0.5, 0.6) is 11.5 Å². The van der Waals surface area contributed by atoms with Crippen LogP contribution in [0.15, 0.2) is 18.2 Å². The molecule has 24 heavy (non-hydrogen) atoms. The smallest absolute Gasteiger partial charge is 0.330 e. The lowest BCUT2D eigenvalue weighted by Crippen LogP contribution is -2.57. The number of hydrogen-bond donors (Lipinski definition) is 2. The Morgan fingerprint density at radius 3 is 2.29 bits per heavy atom. The topological polar surface area (TPSA) is 84.9 Å². The second kappa shape index (κ2) is 8.57. The molecule has 6 heteroatoms. The molecule has 0 aliphatic carbocycles. The maximum absolute atomic E-state index is 12.1. The number of ether oxygens (including phenoxy) is 2. The van der Waals surface area contributed by atoms with Crippen LogP contribution >= 0.6 is 0 Å². The Kier molecular flexibility index (Phi) is 7.07. The maximum Gasteiger partial charge on any atom is 0.330 e. The number of carboxylic acids is 1. The summed E-state index contributed by atoms with van der Waals surface area (Å²) in [6.07, 6.45) is 1.23. The molecule has 2 unspecified atom stereocenters. The van der Waals surface area contributed by atoms with Crippen molar-refractivity contribution in [3.05, 3.63) is 23.8 Å². The molecule has 0 spiro atoms. The number of nitrogens with one attached hydrogen (secondary N) is 1. The van der Waals surface area contributed by atoms with Crippen LogP contribution in [-0.4, -0.2) is 36.7 Å². The van der Waals surface area contributed by atoms with Gasteiger partial charge in [-0.3, -0.25) is 4.79 Å². The van der Waals surface area contributed by atoms with Gasteiger partial charge in [0.05, 0.1) is 14.2 Å². The molecule has 0 saturated heterocycles. The van der Waals surface area contributed by atoms with E-state index in [1.54, 1.807) is 39.2 Å². The summed E-state index contributed by atoms with van der Waals surface area (Å²) in [5, 5.41) is 12.6. The molecule has 1 aromatic rings. The first-order valence-corrected chi connectivity index (χ1v) is 8.12. The van der Waals surface area contributed by atoms with E-state index in [0.717, 1.165) is 5.56 Å². The van der Waals surface area contributed by atoms with Gasteiger partial charge in [0.2, 0.25) is 5.91 Å². The van der Waals surface area contributed by atoms with Gasteiger partial charge in [-0.15, -0.1) is 0 Å². The number of aliphatic carboxylic acids is 1. The predicted octanol–water partition coefficient (Wildman–Crippen LogP) is 2.96. The fourth-order valence-corrected chi connectivity index (χ4v) is 2.84. The van der Waals surface area contributed by atoms with Gasteiger partial charge in [-0.1, -0.05) is 26.8 Å². The lowest BCUT2D eigenvalue weighted by molar-refractivity contribution is -0.149. The van der Waals surface area contributed by atoms with Crippen LogP contribution in [0.4, 0.5) is 0 Å². The Morgan fingerprint density at radius 1 is 1.21 bits per heavy atom. The Hall–Kier alpha value is -2.24. The molecular weight excluding hydrogens is 310 g/mol. The summed E-state index contributed by atoms with van der Waals surface area (Å²) in [4.78, 5) is 24.1. The van der Waals surface area contributed by atoms with Gasteiger partial charge >= 0.3 is 5.97 Å². The van der Waals surface area contributed by atoms with Crippen LogP contribution < -0.4 is 14.8 Å². The van der Waals surface area contributed by atoms with Crippen LogP contribution in [-0.2, 0) is 9.59 Å². The van der Waals surface area contributed by atoms with E-state index in [9.17, 15) is 14.7 Å². The van der Waals surface area contributed by atoms with Gasteiger partial charge in [0.15, 0.2) is 11.5 Å². The minimum absolute atomic E-state index is 0.255. The van der Waals surface area contributed by atoms with Gasteiger partial charge < -0.3 is 19.9 Å². The SMILES string of the molecule is CCCC(=O)NC(CC)(C(=O)O)C(C)c1ccc(OC)c(OC)c1. The molecule has 0 bridgehead atoms. The number of benzene rings is 1. The van der Waals surface area contributed by atoms with Gasteiger partial charge in [-0.05, 0) is 30.5 Å². The van der Waals surface area contributed by atoms with Crippen LogP contribution in [0.2, 0.25) is 0 Å². The highest BCUT2D eigenvalue weighted by atomic mass is 16.5. The van der Waals surface area contributed by atoms with Crippen molar-refractivity contribution in [3.63, 3.8) is 0 Å². The largest absolute Gasteiger partial charge is 0.493 e. The van der Waals surface area contributed by atoms with Gasteiger partial charge in [0, 0.05) is 12.3 Å². The first-order valence-electron chi connectivity index (χ1n) is 8.12. The molecule has 0 fully saturated rings. The highest BCUT2D eigenvalue weighted by molar-refractivity contribution is 5.88. The van der Waals surface area contributed by atoms with Crippen LogP contribution in [0, 0.1) is 0 Å². The third-order valence-corrected chi connectivity index (χ3v) is 4.43. The zero-order valence-electron chi connectivity index (χ0n) is 15.0. The van der Waals surface area contributed by atoms with Crippen molar-refractivity contribution in [3.8, 4) is 11.5 Å². The lowest BCUT2D eigenvalue weighted by Gasteiger charge is -2.35. The third kappa shape index (κ3) is 3.99. The molecule has 0 radical (unpaired) electrons. The Morgan fingerprint density at radius 2 is 1.83 bits per heavy atom. The second-order valence-electron chi connectivity index (χ2n) is 5.76. The molecule has 6 nitrogen and oxygen atoms in total. The number of rotatable bonds is 9. The van der Waals surface area contributed by atoms with E-state index in [2.05, 4.69) is 5.32 Å². The van der Waals surface area contributed by atoms with Crippen molar-refractivity contribution in [1.29, 1.82) is 0 Å². The van der Waals surface area contributed by atoms with E-state index >= 15 is 0 Å². The van der Waals surface area contributed by atoms with Crippen molar-refractivity contribution in [2.45, 2.75) is 51.5 Å². The first-order chi connectivity index (χ1) is 11.4. The summed E-state index contributed by atoms with van der Waals surface area (Å²) in [5.41, 5.74) is -0.611. The number of carbonyl (C=O) groups is 2. The van der Waals surface area contributed by atoms with Gasteiger partial charge in [-0.2, -0.15) is 0 Å². The van der Waals surface area contributed by atoms with E-state index in [4.69, 9.17) is 9.47 Å². The molecular formula is C18H27NO5. The Labute approximate surface area is 143 Å². The molecule has 1 amide bonds. The molecule has 0 aromatic heterocycles. The van der Waals surface area contributed by atoms with Crippen LogP contribution in [0.1, 0.15) is 51.5 Å². The molecule has 134 valence electrons. The zero-order valence-corrected chi connectivity index (χ0v) is 15.0. The van der Waals surface area contributed by atoms with Gasteiger partial charge in [0.25, 0.3) is 0 Å². The first kappa shape index (κ1) is 19.8. The molecule has 0 heterocycles. The van der Waals surface area contributed by atoms with E-state index in [1.165, 1.54) is 7.11 Å². The predicted molar refractivity (Wildman–Crippen MR) is 91.7 cm³/mol. The molecule has 0 saturated carbocycles. The minimum Gasteiger partial charge on any atom is -0.493 e. The molecule has 1 rings (SSSR count). The summed E-state index contributed by atoms with van der Waals surface area (Å²) in [6.45, 7) is 5.44. The number of hydrogen-bond acceptors (Lipinski definition) is 4. The minimum atomic E-state index is -1.37. The van der Waals surface area contributed by atoms with Crippen LogP contribution in [0.25, 0.3) is 0 Å².